The maximum absolute atomic E-state index is 12.1. The normalized spacial score (nSPS) is 28.6. The molecule has 1 aliphatic heterocycles. The van der Waals surface area contributed by atoms with E-state index >= 15 is 0 Å². The summed E-state index contributed by atoms with van der Waals surface area (Å²) in [7, 11) is -3.24. The van der Waals surface area contributed by atoms with Crippen LogP contribution < -0.4 is 4.72 Å². The third-order valence-corrected chi connectivity index (χ3v) is 5.80. The van der Waals surface area contributed by atoms with Gasteiger partial charge in [-0.2, -0.15) is 0 Å². The minimum Gasteiger partial charge on any atom is -0.373 e. The zero-order valence-corrected chi connectivity index (χ0v) is 11.1. The Bertz CT molecular complexity index is 361. The molecular formula is C11H21NO3S. The van der Waals surface area contributed by atoms with Crippen molar-refractivity contribution in [3.63, 3.8) is 0 Å². The predicted octanol–water partition coefficient (Wildman–Crippen LogP) is 1.42. The lowest BCUT2D eigenvalue weighted by Gasteiger charge is -2.43. The maximum Gasteiger partial charge on any atom is 0.217 e. The summed E-state index contributed by atoms with van der Waals surface area (Å²) in [6.45, 7) is 5.99. The van der Waals surface area contributed by atoms with Gasteiger partial charge in [-0.3, -0.25) is 0 Å². The van der Waals surface area contributed by atoms with E-state index in [2.05, 4.69) is 4.72 Å². The predicted molar refractivity (Wildman–Crippen MR) is 62.7 cm³/mol. The Balaban J connectivity index is 2.06. The van der Waals surface area contributed by atoms with Crippen molar-refractivity contribution in [1.82, 2.24) is 4.72 Å². The second kappa shape index (κ2) is 3.68. The van der Waals surface area contributed by atoms with Crippen molar-refractivity contribution >= 4 is 10.0 Å². The van der Waals surface area contributed by atoms with Gasteiger partial charge >= 0.3 is 0 Å². The van der Waals surface area contributed by atoms with Crippen molar-refractivity contribution < 1.29 is 13.2 Å². The van der Waals surface area contributed by atoms with Gasteiger partial charge in [-0.25, -0.2) is 13.1 Å². The summed E-state index contributed by atoms with van der Waals surface area (Å²) >= 11 is 0. The molecule has 5 heteroatoms. The lowest BCUT2D eigenvalue weighted by Crippen LogP contribution is -2.57. The molecule has 2 fully saturated rings. The van der Waals surface area contributed by atoms with Gasteiger partial charge in [0.05, 0.1) is 17.5 Å². The van der Waals surface area contributed by atoms with E-state index in [-0.39, 0.29) is 11.6 Å². The van der Waals surface area contributed by atoms with Gasteiger partial charge in [-0.1, -0.05) is 0 Å². The fourth-order valence-electron chi connectivity index (χ4n) is 2.01. The second-order valence-corrected chi connectivity index (χ2v) is 8.45. The first-order chi connectivity index (χ1) is 7.24. The molecule has 0 unspecified atom stereocenters. The molecule has 4 nitrogen and oxygen atoms in total. The molecule has 16 heavy (non-hydrogen) atoms. The molecule has 1 N–H and O–H groups in total. The third kappa shape index (κ3) is 2.41. The molecule has 0 radical (unpaired) electrons. The molecular weight excluding hydrogens is 226 g/mol. The van der Waals surface area contributed by atoms with E-state index in [1.54, 1.807) is 20.8 Å². The topological polar surface area (TPSA) is 58.7 Å². The van der Waals surface area contributed by atoms with E-state index in [1.807, 2.05) is 0 Å². The molecule has 1 heterocycles. The SMILES string of the molecule is CC(C)(C)S(=O)(=O)NC1(C[C@H]2CO2)CCC1. The highest BCUT2D eigenvalue weighted by molar-refractivity contribution is 7.90. The Kier molecular flexibility index (Phi) is 2.84. The number of hydrogen-bond donors (Lipinski definition) is 1. The van der Waals surface area contributed by atoms with Crippen LogP contribution in [-0.2, 0) is 14.8 Å². The molecule has 0 bridgehead atoms. The zero-order valence-electron chi connectivity index (χ0n) is 10.2. The van der Waals surface area contributed by atoms with Crippen LogP contribution in [0.3, 0.4) is 0 Å². The molecule has 0 spiro atoms. The molecule has 1 atom stereocenters. The van der Waals surface area contributed by atoms with Crippen LogP contribution in [0.1, 0.15) is 46.5 Å². The fraction of sp³-hybridized carbons (Fsp3) is 1.00. The van der Waals surface area contributed by atoms with Crippen LogP contribution in [0.5, 0.6) is 0 Å². The van der Waals surface area contributed by atoms with Gasteiger partial charge in [0.2, 0.25) is 10.0 Å². The van der Waals surface area contributed by atoms with Gasteiger partial charge in [0.1, 0.15) is 0 Å². The van der Waals surface area contributed by atoms with Crippen LogP contribution in [-0.4, -0.2) is 31.4 Å². The Hall–Kier alpha value is -0.130. The first-order valence-electron chi connectivity index (χ1n) is 5.89. The van der Waals surface area contributed by atoms with Gasteiger partial charge in [-0.05, 0) is 46.5 Å². The van der Waals surface area contributed by atoms with Crippen molar-refractivity contribution in [2.24, 2.45) is 0 Å². The Labute approximate surface area is 97.8 Å². The van der Waals surface area contributed by atoms with E-state index < -0.39 is 14.8 Å². The van der Waals surface area contributed by atoms with Crippen molar-refractivity contribution in [1.29, 1.82) is 0 Å². The highest BCUT2D eigenvalue weighted by atomic mass is 32.2. The number of sulfonamides is 1. The summed E-state index contributed by atoms with van der Waals surface area (Å²) in [5.74, 6) is 0. The average Bonchev–Trinajstić information content (AvgIpc) is 2.81. The van der Waals surface area contributed by atoms with Gasteiger partial charge in [-0.15, -0.1) is 0 Å². The highest BCUT2D eigenvalue weighted by Gasteiger charge is 2.46. The van der Waals surface area contributed by atoms with Crippen LogP contribution in [0.25, 0.3) is 0 Å². The molecule has 0 aromatic rings. The summed E-state index contributed by atoms with van der Waals surface area (Å²) in [5.41, 5.74) is -0.215. The number of epoxide rings is 1. The minimum atomic E-state index is -3.24. The molecule has 0 aromatic heterocycles. The summed E-state index contributed by atoms with van der Waals surface area (Å²) in [5, 5.41) is 0. The number of hydrogen-bond acceptors (Lipinski definition) is 3. The highest BCUT2D eigenvalue weighted by Crippen LogP contribution is 2.40. The summed E-state index contributed by atoms with van der Waals surface area (Å²) in [4.78, 5) is 0. The molecule has 1 saturated carbocycles. The zero-order chi connectivity index (χ0) is 12.0. The largest absolute Gasteiger partial charge is 0.373 e. The van der Waals surface area contributed by atoms with E-state index in [4.69, 9.17) is 4.74 Å². The fourth-order valence-corrected chi connectivity index (χ4v) is 3.17. The quantitative estimate of drug-likeness (QED) is 0.764. The molecule has 2 rings (SSSR count). The average molecular weight is 247 g/mol. The minimum absolute atomic E-state index is 0.215. The molecule has 1 saturated heterocycles. The van der Waals surface area contributed by atoms with Crippen molar-refractivity contribution in [2.75, 3.05) is 6.61 Å². The van der Waals surface area contributed by atoms with E-state index in [1.165, 1.54) is 0 Å². The summed E-state index contributed by atoms with van der Waals surface area (Å²) < 4.78 is 31.6. The van der Waals surface area contributed by atoms with Crippen LogP contribution in [0.15, 0.2) is 0 Å². The molecule has 0 aromatic carbocycles. The van der Waals surface area contributed by atoms with Gasteiger partial charge in [0, 0.05) is 5.54 Å². The molecule has 2 aliphatic rings. The Morgan fingerprint density at radius 3 is 2.25 bits per heavy atom. The monoisotopic (exact) mass is 247 g/mol. The first kappa shape index (κ1) is 12.3. The summed E-state index contributed by atoms with van der Waals surface area (Å²) in [6.07, 6.45) is 4.12. The van der Waals surface area contributed by atoms with Crippen LogP contribution >= 0.6 is 0 Å². The van der Waals surface area contributed by atoms with Crippen LogP contribution in [0, 0.1) is 0 Å². The Morgan fingerprint density at radius 1 is 1.38 bits per heavy atom. The van der Waals surface area contributed by atoms with Crippen LogP contribution in [0.4, 0.5) is 0 Å². The van der Waals surface area contributed by atoms with E-state index in [0.29, 0.717) is 0 Å². The third-order valence-electron chi connectivity index (χ3n) is 3.49. The van der Waals surface area contributed by atoms with Gasteiger partial charge in [0.25, 0.3) is 0 Å². The number of rotatable bonds is 4. The summed E-state index contributed by atoms with van der Waals surface area (Å²) in [6, 6.07) is 0. The van der Waals surface area contributed by atoms with Gasteiger partial charge in [0.15, 0.2) is 0 Å². The lowest BCUT2D eigenvalue weighted by molar-refractivity contribution is 0.184. The smallest absolute Gasteiger partial charge is 0.217 e. The molecule has 94 valence electrons. The van der Waals surface area contributed by atoms with Gasteiger partial charge < -0.3 is 4.74 Å². The second-order valence-electron chi connectivity index (χ2n) is 6.01. The number of nitrogens with one attached hydrogen (secondary N) is 1. The molecule has 1 aliphatic carbocycles. The maximum atomic E-state index is 12.1. The van der Waals surface area contributed by atoms with Crippen molar-refractivity contribution in [2.45, 2.75) is 62.8 Å². The van der Waals surface area contributed by atoms with Crippen molar-refractivity contribution in [3.05, 3.63) is 0 Å². The van der Waals surface area contributed by atoms with Crippen molar-refractivity contribution in [3.8, 4) is 0 Å². The first-order valence-corrected chi connectivity index (χ1v) is 7.38. The number of ether oxygens (including phenoxy) is 1. The standard InChI is InChI=1S/C11H21NO3S/c1-10(2,3)16(13,14)12-11(5-4-6-11)7-9-8-15-9/h9,12H,4-8H2,1-3H3/t9-/m0/s1. The van der Waals surface area contributed by atoms with Crippen LogP contribution in [0.2, 0.25) is 0 Å². The lowest BCUT2D eigenvalue weighted by atomic mass is 9.74. The Morgan fingerprint density at radius 2 is 1.94 bits per heavy atom. The van der Waals surface area contributed by atoms with E-state index in [9.17, 15) is 8.42 Å². The van der Waals surface area contributed by atoms with E-state index in [0.717, 1.165) is 32.3 Å². The molecule has 0 amide bonds.